The van der Waals surface area contributed by atoms with E-state index in [0.717, 1.165) is 11.1 Å². The molecule has 0 atom stereocenters. The maximum absolute atomic E-state index is 12.9. The van der Waals surface area contributed by atoms with Gasteiger partial charge in [-0.3, -0.25) is 13.9 Å². The van der Waals surface area contributed by atoms with Crippen LogP contribution >= 0.6 is 0 Å². The number of hydrogen-bond donors (Lipinski definition) is 2. The molecule has 0 saturated heterocycles. The summed E-state index contributed by atoms with van der Waals surface area (Å²) in [6.45, 7) is 6.45. The van der Waals surface area contributed by atoms with E-state index in [1.807, 2.05) is 20.8 Å². The monoisotopic (exact) mass is 536 g/mol. The molecule has 2 N–H and O–H groups in total. The van der Waals surface area contributed by atoms with E-state index in [2.05, 4.69) is 15.8 Å². The molecular weight excluding hydrogens is 504 g/mol. The third-order valence-electron chi connectivity index (χ3n) is 5.51. The number of aryl methyl sites for hydroxylation is 1. The lowest BCUT2D eigenvalue weighted by molar-refractivity contribution is -0.123. The van der Waals surface area contributed by atoms with Crippen LogP contribution in [0.15, 0.2) is 82.8 Å². The molecule has 2 amide bonds. The topological polar surface area (TPSA) is 117 Å². The summed E-state index contributed by atoms with van der Waals surface area (Å²) in [6.07, 6.45) is 1.48. The molecule has 0 spiro atoms. The van der Waals surface area contributed by atoms with Crippen LogP contribution in [0.4, 0.5) is 5.69 Å². The molecule has 200 valence electrons. The van der Waals surface area contributed by atoms with Crippen molar-refractivity contribution in [3.8, 4) is 5.75 Å². The largest absolute Gasteiger partial charge is 0.484 e. The third-order valence-corrected chi connectivity index (χ3v) is 7.31. The molecule has 38 heavy (non-hydrogen) atoms. The maximum atomic E-state index is 12.9. The SMILES string of the molecule is Cc1ccc(S(=O)(=O)N(C)c2ccc(C(=O)N/N=C\c3ccc(OCC(=O)NCC(C)C)cc3)cc2)cc1. The van der Waals surface area contributed by atoms with Crippen molar-refractivity contribution in [3.63, 3.8) is 0 Å². The molecule has 3 aromatic carbocycles. The highest BCUT2D eigenvalue weighted by molar-refractivity contribution is 7.92. The fourth-order valence-corrected chi connectivity index (χ4v) is 4.42. The Kier molecular flexibility index (Phi) is 9.61. The Bertz CT molecular complexity index is 1370. The minimum Gasteiger partial charge on any atom is -0.484 e. The van der Waals surface area contributed by atoms with Crippen LogP contribution in [0.2, 0.25) is 0 Å². The van der Waals surface area contributed by atoms with E-state index in [1.54, 1.807) is 60.7 Å². The van der Waals surface area contributed by atoms with Gasteiger partial charge in [0.05, 0.1) is 16.8 Å². The first-order chi connectivity index (χ1) is 18.1. The fourth-order valence-electron chi connectivity index (χ4n) is 3.23. The maximum Gasteiger partial charge on any atom is 0.271 e. The van der Waals surface area contributed by atoms with Gasteiger partial charge in [-0.25, -0.2) is 13.8 Å². The highest BCUT2D eigenvalue weighted by Gasteiger charge is 2.21. The van der Waals surface area contributed by atoms with Gasteiger partial charge in [0.1, 0.15) is 5.75 Å². The summed E-state index contributed by atoms with van der Waals surface area (Å²) in [6, 6.07) is 19.7. The van der Waals surface area contributed by atoms with Crippen LogP contribution in [0.5, 0.6) is 5.75 Å². The van der Waals surface area contributed by atoms with E-state index in [4.69, 9.17) is 4.74 Å². The van der Waals surface area contributed by atoms with Gasteiger partial charge in [-0.05, 0) is 79.1 Å². The predicted molar refractivity (Wildman–Crippen MR) is 148 cm³/mol. The number of hydrogen-bond acceptors (Lipinski definition) is 6. The minimum atomic E-state index is -3.72. The lowest BCUT2D eigenvalue weighted by Gasteiger charge is -2.19. The van der Waals surface area contributed by atoms with Gasteiger partial charge in [0.2, 0.25) is 0 Å². The Labute approximate surface area is 223 Å². The van der Waals surface area contributed by atoms with E-state index < -0.39 is 15.9 Å². The number of nitrogens with one attached hydrogen (secondary N) is 2. The van der Waals surface area contributed by atoms with Crippen molar-refractivity contribution in [3.05, 3.63) is 89.5 Å². The molecular formula is C28H32N4O5S. The van der Waals surface area contributed by atoms with Crippen molar-refractivity contribution in [1.82, 2.24) is 10.7 Å². The van der Waals surface area contributed by atoms with E-state index in [9.17, 15) is 18.0 Å². The van der Waals surface area contributed by atoms with E-state index in [-0.39, 0.29) is 17.4 Å². The van der Waals surface area contributed by atoms with Crippen molar-refractivity contribution < 1.29 is 22.7 Å². The van der Waals surface area contributed by atoms with Crippen molar-refractivity contribution >= 4 is 33.7 Å². The number of nitrogens with zero attached hydrogens (tertiary/aromatic N) is 2. The van der Waals surface area contributed by atoms with E-state index in [0.29, 0.717) is 29.5 Å². The van der Waals surface area contributed by atoms with Crippen LogP contribution in [0, 0.1) is 12.8 Å². The molecule has 3 rings (SSSR count). The molecule has 0 fully saturated rings. The molecule has 0 aliphatic heterocycles. The van der Waals surface area contributed by atoms with Crippen molar-refractivity contribution in [2.45, 2.75) is 25.7 Å². The molecule has 3 aromatic rings. The van der Waals surface area contributed by atoms with Crippen LogP contribution < -0.4 is 19.8 Å². The van der Waals surface area contributed by atoms with Gasteiger partial charge < -0.3 is 10.1 Å². The Balaban J connectivity index is 1.52. The molecule has 9 nitrogen and oxygen atoms in total. The van der Waals surface area contributed by atoms with Gasteiger partial charge in [-0.1, -0.05) is 31.5 Å². The number of carbonyl (C=O) groups excluding carboxylic acids is 2. The predicted octanol–water partition coefficient (Wildman–Crippen LogP) is 3.74. The number of anilines is 1. The molecule has 0 aliphatic carbocycles. The fraction of sp³-hybridized carbons (Fsp3) is 0.250. The lowest BCUT2D eigenvalue weighted by Crippen LogP contribution is -2.31. The van der Waals surface area contributed by atoms with Gasteiger partial charge >= 0.3 is 0 Å². The second-order valence-electron chi connectivity index (χ2n) is 9.09. The quantitative estimate of drug-likeness (QED) is 0.286. The lowest BCUT2D eigenvalue weighted by atomic mass is 10.2. The van der Waals surface area contributed by atoms with Gasteiger partial charge in [0.25, 0.3) is 21.8 Å². The number of carbonyl (C=O) groups is 2. The zero-order valence-corrected chi connectivity index (χ0v) is 22.7. The normalized spacial score (nSPS) is 11.4. The molecule has 0 aromatic heterocycles. The number of hydrazone groups is 1. The van der Waals surface area contributed by atoms with Crippen LogP contribution in [0.3, 0.4) is 0 Å². The van der Waals surface area contributed by atoms with Crippen molar-refractivity contribution in [2.24, 2.45) is 11.0 Å². The molecule has 0 aliphatic rings. The Morgan fingerprint density at radius 2 is 1.61 bits per heavy atom. The average molecular weight is 537 g/mol. The average Bonchev–Trinajstić information content (AvgIpc) is 2.91. The first kappa shape index (κ1) is 28.4. The smallest absolute Gasteiger partial charge is 0.271 e. The van der Waals surface area contributed by atoms with Gasteiger partial charge in [-0.2, -0.15) is 5.10 Å². The number of benzene rings is 3. The summed E-state index contributed by atoms with van der Waals surface area (Å²) >= 11 is 0. The Morgan fingerprint density at radius 1 is 0.974 bits per heavy atom. The van der Waals surface area contributed by atoms with Gasteiger partial charge in [0, 0.05) is 19.2 Å². The molecule has 10 heteroatoms. The Morgan fingerprint density at radius 3 is 2.21 bits per heavy atom. The number of rotatable bonds is 11. The van der Waals surface area contributed by atoms with E-state index >= 15 is 0 Å². The number of amides is 2. The standard InChI is InChI=1S/C28H32N4O5S/c1-20(2)17-29-27(33)19-37-25-13-7-22(8-14-25)18-30-31-28(34)23-9-11-24(12-10-23)32(4)38(35,36)26-15-5-21(3)6-16-26/h5-16,18,20H,17,19H2,1-4H3,(H,29,33)(H,31,34)/b30-18-. The first-order valence-corrected chi connectivity index (χ1v) is 13.5. The highest BCUT2D eigenvalue weighted by Crippen LogP contribution is 2.22. The number of sulfonamides is 1. The Hall–Kier alpha value is -4.18. The second-order valence-corrected chi connectivity index (χ2v) is 11.1. The summed E-state index contributed by atoms with van der Waals surface area (Å²) < 4.78 is 32.4. The zero-order valence-electron chi connectivity index (χ0n) is 21.8. The van der Waals surface area contributed by atoms with Crippen LogP contribution in [0.25, 0.3) is 0 Å². The number of ether oxygens (including phenoxy) is 1. The summed E-state index contributed by atoms with van der Waals surface area (Å²) in [4.78, 5) is 24.4. The molecule has 0 radical (unpaired) electrons. The zero-order chi connectivity index (χ0) is 27.7. The molecule has 0 saturated carbocycles. The molecule has 0 heterocycles. The minimum absolute atomic E-state index is 0.0668. The third kappa shape index (κ3) is 7.91. The highest BCUT2D eigenvalue weighted by atomic mass is 32.2. The summed E-state index contributed by atoms with van der Waals surface area (Å²) in [5, 5.41) is 6.76. The molecule has 0 unspecified atom stereocenters. The van der Waals surface area contributed by atoms with Crippen molar-refractivity contribution in [2.75, 3.05) is 24.5 Å². The van der Waals surface area contributed by atoms with Crippen LogP contribution in [-0.2, 0) is 14.8 Å². The molecule has 0 bridgehead atoms. The van der Waals surface area contributed by atoms with Crippen LogP contribution in [0.1, 0.15) is 35.3 Å². The second kappa shape index (κ2) is 12.9. The van der Waals surface area contributed by atoms with E-state index in [1.165, 1.54) is 29.7 Å². The summed E-state index contributed by atoms with van der Waals surface area (Å²) in [5.41, 5.74) is 4.89. The van der Waals surface area contributed by atoms with Crippen molar-refractivity contribution in [1.29, 1.82) is 0 Å². The first-order valence-electron chi connectivity index (χ1n) is 12.0. The summed E-state index contributed by atoms with van der Waals surface area (Å²) in [7, 11) is -2.26. The van der Waals surface area contributed by atoms with Gasteiger partial charge in [0.15, 0.2) is 6.61 Å². The summed E-state index contributed by atoms with van der Waals surface area (Å²) in [5.74, 6) is 0.288. The van der Waals surface area contributed by atoms with Gasteiger partial charge in [-0.15, -0.1) is 0 Å². The van der Waals surface area contributed by atoms with Crippen LogP contribution in [-0.4, -0.2) is 46.6 Å².